The van der Waals surface area contributed by atoms with Crippen molar-refractivity contribution in [3.8, 4) is 5.75 Å². The lowest BCUT2D eigenvalue weighted by Crippen LogP contribution is -2.26. The molecular formula is C19H23NO. The van der Waals surface area contributed by atoms with Gasteiger partial charge in [0, 0.05) is 0 Å². The number of hydrogen-bond donors (Lipinski definition) is 1. The van der Waals surface area contributed by atoms with E-state index in [0.717, 1.165) is 18.8 Å². The van der Waals surface area contributed by atoms with E-state index in [2.05, 4.69) is 54.7 Å². The standard InChI is InChI=1S/C19H23NO/c1-15-7-8-18(17-9-11-20-12-10-17)19(13-15)21-14-16-5-3-2-4-6-16/h2-8,13,17,20H,9-12,14H2,1H3. The maximum absolute atomic E-state index is 6.14. The Morgan fingerprint density at radius 2 is 1.81 bits per heavy atom. The molecule has 1 fully saturated rings. The fourth-order valence-electron chi connectivity index (χ4n) is 2.97. The van der Waals surface area contributed by atoms with Crippen molar-refractivity contribution in [2.45, 2.75) is 32.3 Å². The lowest BCUT2D eigenvalue weighted by molar-refractivity contribution is 0.297. The molecule has 0 bridgehead atoms. The second-order valence-corrected chi connectivity index (χ2v) is 5.84. The minimum Gasteiger partial charge on any atom is -0.489 e. The molecule has 2 heteroatoms. The first-order valence-corrected chi connectivity index (χ1v) is 7.81. The Morgan fingerprint density at radius 3 is 2.57 bits per heavy atom. The van der Waals surface area contributed by atoms with Gasteiger partial charge in [0.1, 0.15) is 12.4 Å². The van der Waals surface area contributed by atoms with Crippen molar-refractivity contribution in [1.82, 2.24) is 5.32 Å². The van der Waals surface area contributed by atoms with Gasteiger partial charge >= 0.3 is 0 Å². The van der Waals surface area contributed by atoms with Crippen molar-refractivity contribution in [3.05, 3.63) is 65.2 Å². The van der Waals surface area contributed by atoms with Crippen LogP contribution in [0, 0.1) is 6.92 Å². The van der Waals surface area contributed by atoms with E-state index in [0.29, 0.717) is 12.5 Å². The first-order chi connectivity index (χ1) is 10.3. The normalized spacial score (nSPS) is 15.9. The van der Waals surface area contributed by atoms with E-state index in [4.69, 9.17) is 4.74 Å². The van der Waals surface area contributed by atoms with Crippen molar-refractivity contribution >= 4 is 0 Å². The summed E-state index contributed by atoms with van der Waals surface area (Å²) in [5.41, 5.74) is 3.85. The maximum atomic E-state index is 6.14. The lowest BCUT2D eigenvalue weighted by atomic mass is 9.89. The zero-order valence-corrected chi connectivity index (χ0v) is 12.6. The maximum Gasteiger partial charge on any atom is 0.123 e. The van der Waals surface area contributed by atoms with Crippen LogP contribution in [0.1, 0.15) is 35.4 Å². The third-order valence-corrected chi connectivity index (χ3v) is 4.19. The molecule has 1 N–H and O–H groups in total. The summed E-state index contributed by atoms with van der Waals surface area (Å²) < 4.78 is 6.14. The second kappa shape index (κ2) is 6.77. The Bertz CT molecular complexity index is 573. The summed E-state index contributed by atoms with van der Waals surface area (Å²) in [6.45, 7) is 4.98. The molecule has 0 amide bonds. The molecule has 0 unspecified atom stereocenters. The summed E-state index contributed by atoms with van der Waals surface area (Å²) in [6.07, 6.45) is 2.40. The average molecular weight is 281 g/mol. The van der Waals surface area contributed by atoms with Crippen LogP contribution >= 0.6 is 0 Å². The minimum atomic E-state index is 0.623. The van der Waals surface area contributed by atoms with E-state index in [1.54, 1.807) is 0 Å². The van der Waals surface area contributed by atoms with Crippen molar-refractivity contribution in [3.63, 3.8) is 0 Å². The molecule has 0 spiro atoms. The number of benzene rings is 2. The summed E-state index contributed by atoms with van der Waals surface area (Å²) in [5.74, 6) is 1.68. The average Bonchev–Trinajstić information content (AvgIpc) is 2.55. The summed E-state index contributed by atoms with van der Waals surface area (Å²) in [4.78, 5) is 0. The molecule has 0 aromatic heterocycles. The molecule has 0 radical (unpaired) electrons. The number of ether oxygens (including phenoxy) is 1. The highest BCUT2D eigenvalue weighted by atomic mass is 16.5. The highest BCUT2D eigenvalue weighted by molar-refractivity contribution is 5.40. The predicted molar refractivity (Wildman–Crippen MR) is 86.8 cm³/mol. The van der Waals surface area contributed by atoms with Gasteiger partial charge in [0.2, 0.25) is 0 Å². The van der Waals surface area contributed by atoms with Gasteiger partial charge in [0.15, 0.2) is 0 Å². The number of aryl methyl sites for hydroxylation is 1. The first-order valence-electron chi connectivity index (χ1n) is 7.81. The second-order valence-electron chi connectivity index (χ2n) is 5.84. The third kappa shape index (κ3) is 3.64. The number of hydrogen-bond acceptors (Lipinski definition) is 2. The van der Waals surface area contributed by atoms with Crippen molar-refractivity contribution in [1.29, 1.82) is 0 Å². The summed E-state index contributed by atoms with van der Waals surface area (Å²) in [6, 6.07) is 17.0. The summed E-state index contributed by atoms with van der Waals surface area (Å²) in [5, 5.41) is 3.43. The Kier molecular flexibility index (Phi) is 4.56. The molecular weight excluding hydrogens is 258 g/mol. The van der Waals surface area contributed by atoms with Gasteiger partial charge in [-0.2, -0.15) is 0 Å². The van der Waals surface area contributed by atoms with Crippen LogP contribution in [0.4, 0.5) is 0 Å². The van der Waals surface area contributed by atoms with Gasteiger partial charge in [-0.3, -0.25) is 0 Å². The Hall–Kier alpha value is -1.80. The zero-order valence-electron chi connectivity index (χ0n) is 12.6. The monoisotopic (exact) mass is 281 g/mol. The van der Waals surface area contributed by atoms with Crippen LogP contribution in [-0.4, -0.2) is 13.1 Å². The highest BCUT2D eigenvalue weighted by Crippen LogP contribution is 2.33. The van der Waals surface area contributed by atoms with Crippen LogP contribution in [0.5, 0.6) is 5.75 Å². The summed E-state index contributed by atoms with van der Waals surface area (Å²) in [7, 11) is 0. The van der Waals surface area contributed by atoms with E-state index >= 15 is 0 Å². The van der Waals surface area contributed by atoms with Crippen LogP contribution in [0.2, 0.25) is 0 Å². The van der Waals surface area contributed by atoms with E-state index < -0.39 is 0 Å². The van der Waals surface area contributed by atoms with Gasteiger partial charge in [-0.1, -0.05) is 42.5 Å². The van der Waals surface area contributed by atoms with Gasteiger partial charge in [-0.25, -0.2) is 0 Å². The molecule has 21 heavy (non-hydrogen) atoms. The van der Waals surface area contributed by atoms with E-state index in [-0.39, 0.29) is 0 Å². The SMILES string of the molecule is Cc1ccc(C2CCNCC2)c(OCc2ccccc2)c1. The first kappa shape index (κ1) is 14.2. The van der Waals surface area contributed by atoms with E-state index in [1.807, 2.05) is 6.07 Å². The molecule has 2 aromatic carbocycles. The molecule has 0 aliphatic carbocycles. The molecule has 3 rings (SSSR count). The fourth-order valence-corrected chi connectivity index (χ4v) is 2.97. The van der Waals surface area contributed by atoms with Gasteiger partial charge in [-0.05, 0) is 61.5 Å². The molecule has 1 aliphatic rings. The van der Waals surface area contributed by atoms with E-state index in [9.17, 15) is 0 Å². The van der Waals surface area contributed by atoms with Crippen LogP contribution in [0.25, 0.3) is 0 Å². The third-order valence-electron chi connectivity index (χ3n) is 4.19. The van der Waals surface area contributed by atoms with Gasteiger partial charge < -0.3 is 10.1 Å². The highest BCUT2D eigenvalue weighted by Gasteiger charge is 2.19. The van der Waals surface area contributed by atoms with Crippen molar-refractivity contribution in [2.75, 3.05) is 13.1 Å². The van der Waals surface area contributed by atoms with Crippen molar-refractivity contribution in [2.24, 2.45) is 0 Å². The van der Waals surface area contributed by atoms with Crippen LogP contribution in [0.3, 0.4) is 0 Å². The quantitative estimate of drug-likeness (QED) is 0.913. The van der Waals surface area contributed by atoms with Gasteiger partial charge in [0.25, 0.3) is 0 Å². The lowest BCUT2D eigenvalue weighted by Gasteiger charge is -2.25. The Morgan fingerprint density at radius 1 is 1.05 bits per heavy atom. The minimum absolute atomic E-state index is 0.623. The van der Waals surface area contributed by atoms with Crippen LogP contribution in [-0.2, 0) is 6.61 Å². The molecule has 0 atom stereocenters. The molecule has 1 saturated heterocycles. The smallest absolute Gasteiger partial charge is 0.123 e. The molecule has 0 saturated carbocycles. The topological polar surface area (TPSA) is 21.3 Å². The fraction of sp³-hybridized carbons (Fsp3) is 0.368. The zero-order chi connectivity index (χ0) is 14.5. The Labute approximate surface area is 127 Å². The molecule has 2 aromatic rings. The largest absolute Gasteiger partial charge is 0.489 e. The molecule has 110 valence electrons. The summed E-state index contributed by atoms with van der Waals surface area (Å²) >= 11 is 0. The van der Waals surface area contributed by atoms with Crippen molar-refractivity contribution < 1.29 is 4.74 Å². The van der Waals surface area contributed by atoms with Crippen LogP contribution < -0.4 is 10.1 Å². The number of nitrogens with one attached hydrogen (secondary N) is 1. The number of rotatable bonds is 4. The number of piperidine rings is 1. The van der Waals surface area contributed by atoms with E-state index in [1.165, 1.54) is 29.5 Å². The Balaban J connectivity index is 1.77. The van der Waals surface area contributed by atoms with Gasteiger partial charge in [0.05, 0.1) is 0 Å². The van der Waals surface area contributed by atoms with Gasteiger partial charge in [-0.15, -0.1) is 0 Å². The molecule has 1 aliphatic heterocycles. The predicted octanol–water partition coefficient (Wildman–Crippen LogP) is 4.04. The molecule has 2 nitrogen and oxygen atoms in total. The van der Waals surface area contributed by atoms with Crippen LogP contribution in [0.15, 0.2) is 48.5 Å². The molecule has 1 heterocycles.